The molecule has 0 radical (unpaired) electrons. The van der Waals surface area contributed by atoms with Gasteiger partial charge in [0, 0.05) is 28.3 Å². The maximum Gasteiger partial charge on any atom is 0.246 e. The molecule has 0 aromatic heterocycles. The van der Waals surface area contributed by atoms with Crippen LogP contribution in [0.1, 0.15) is 38.7 Å². The summed E-state index contributed by atoms with van der Waals surface area (Å²) < 4.78 is 6.46. The van der Waals surface area contributed by atoms with Crippen LogP contribution in [0.5, 0.6) is 0 Å². The number of amides is 3. The lowest BCUT2D eigenvalue weighted by Crippen LogP contribution is -2.57. The second kappa shape index (κ2) is 10.5. The van der Waals surface area contributed by atoms with E-state index >= 15 is 0 Å². The van der Waals surface area contributed by atoms with Crippen LogP contribution < -0.4 is 10.6 Å². The molecule has 1 aliphatic carbocycles. The van der Waals surface area contributed by atoms with Crippen molar-refractivity contribution < 1.29 is 19.1 Å². The van der Waals surface area contributed by atoms with Crippen molar-refractivity contribution in [3.63, 3.8) is 0 Å². The number of nitrogens with zero attached hydrogens (tertiary/aromatic N) is 1. The van der Waals surface area contributed by atoms with Crippen LogP contribution in [0.25, 0.3) is 0 Å². The zero-order valence-electron chi connectivity index (χ0n) is 22.5. The Kier molecular flexibility index (Phi) is 7.18. The average Bonchev–Trinajstić information content (AvgIpc) is 3.57. The first-order chi connectivity index (χ1) is 19.2. The van der Waals surface area contributed by atoms with E-state index in [0.717, 1.165) is 24.8 Å². The molecule has 7 nitrogen and oxygen atoms in total. The molecule has 2 aromatic rings. The standard InChI is InChI=1S/C31H33Cl2N3O4/c1-17-6-5-9-23(18(17)2)35-29(38)27-31-15-14-24(40-31)25(28(37)34-21-12-10-20(32)11-13-21)26(31)30(39)36(27)16-19-7-3-4-8-22(19)33/h3-4,7-8,10-15,17-18,23-27H,5-6,9,16H2,1-2H3,(H,34,37)(H,35,38)/t17-,18+,23+,24-,25-,26-,27+,31+/m1/s1. The number of fused-ring (bicyclic) bond motifs is 1. The van der Waals surface area contributed by atoms with Gasteiger partial charge in [-0.25, -0.2) is 0 Å². The van der Waals surface area contributed by atoms with E-state index in [1.165, 1.54) is 0 Å². The molecule has 3 fully saturated rings. The van der Waals surface area contributed by atoms with E-state index in [4.69, 9.17) is 27.9 Å². The number of hydrogen-bond donors (Lipinski definition) is 2. The van der Waals surface area contributed by atoms with Gasteiger partial charge in [0.05, 0.1) is 17.9 Å². The van der Waals surface area contributed by atoms with E-state index in [1.54, 1.807) is 35.2 Å². The number of carbonyl (C=O) groups is 3. The molecule has 9 heteroatoms. The smallest absolute Gasteiger partial charge is 0.246 e. The van der Waals surface area contributed by atoms with Gasteiger partial charge in [-0.15, -0.1) is 0 Å². The fourth-order valence-corrected chi connectivity index (χ4v) is 7.38. The molecule has 40 heavy (non-hydrogen) atoms. The highest BCUT2D eigenvalue weighted by atomic mass is 35.5. The lowest BCUT2D eigenvalue weighted by molar-refractivity contribution is -0.142. The Hall–Kier alpha value is -2.87. The molecule has 2 N–H and O–H groups in total. The van der Waals surface area contributed by atoms with E-state index in [2.05, 4.69) is 24.5 Å². The number of likely N-dealkylation sites (tertiary alicyclic amines) is 1. The van der Waals surface area contributed by atoms with Gasteiger partial charge in [-0.3, -0.25) is 14.4 Å². The van der Waals surface area contributed by atoms with E-state index in [0.29, 0.717) is 27.6 Å². The van der Waals surface area contributed by atoms with Crippen LogP contribution in [0, 0.1) is 23.7 Å². The Labute approximate surface area is 244 Å². The Morgan fingerprint density at radius 2 is 1.80 bits per heavy atom. The maximum atomic E-state index is 14.2. The van der Waals surface area contributed by atoms with Crippen molar-refractivity contribution >= 4 is 46.6 Å². The molecule has 0 unspecified atom stereocenters. The summed E-state index contributed by atoms with van der Waals surface area (Å²) in [5.74, 6) is -1.68. The fraction of sp³-hybridized carbons (Fsp3) is 0.452. The number of halogens is 2. The summed E-state index contributed by atoms with van der Waals surface area (Å²) in [5.41, 5.74) is 0.0637. The normalized spacial score (nSPS) is 34.1. The molecule has 4 aliphatic rings. The Morgan fingerprint density at radius 3 is 2.55 bits per heavy atom. The minimum atomic E-state index is -1.24. The van der Waals surface area contributed by atoms with E-state index in [9.17, 15) is 14.4 Å². The van der Waals surface area contributed by atoms with Gasteiger partial charge < -0.3 is 20.3 Å². The first kappa shape index (κ1) is 27.3. The highest BCUT2D eigenvalue weighted by Crippen LogP contribution is 2.55. The van der Waals surface area contributed by atoms with Crippen LogP contribution in [-0.2, 0) is 25.7 Å². The highest BCUT2D eigenvalue weighted by molar-refractivity contribution is 6.31. The van der Waals surface area contributed by atoms with Crippen LogP contribution in [0.3, 0.4) is 0 Å². The summed E-state index contributed by atoms with van der Waals surface area (Å²) in [5, 5.41) is 7.26. The van der Waals surface area contributed by atoms with Gasteiger partial charge in [-0.1, -0.05) is 80.2 Å². The SMILES string of the molecule is C[C@H]1[C@H](C)CCC[C@@H]1NC(=O)[C@@H]1N(Cc2ccccc2Cl)C(=O)[C@H]2[C@H](C(=O)Nc3ccc(Cl)cc3)[C@H]3C=C[C@@]12O3. The molecule has 8 atom stereocenters. The molecule has 3 aliphatic heterocycles. The van der Waals surface area contributed by atoms with Crippen molar-refractivity contribution in [2.24, 2.45) is 23.7 Å². The molecule has 1 saturated carbocycles. The maximum absolute atomic E-state index is 14.2. The zero-order chi connectivity index (χ0) is 28.2. The Morgan fingerprint density at radius 1 is 1.05 bits per heavy atom. The third-order valence-corrected chi connectivity index (χ3v) is 9.99. The number of hydrogen-bond acceptors (Lipinski definition) is 4. The number of benzene rings is 2. The number of carbonyl (C=O) groups excluding carboxylic acids is 3. The zero-order valence-corrected chi connectivity index (χ0v) is 24.0. The van der Waals surface area contributed by atoms with Crippen LogP contribution in [0.15, 0.2) is 60.7 Å². The first-order valence-electron chi connectivity index (χ1n) is 14.0. The summed E-state index contributed by atoms with van der Waals surface area (Å²) in [6, 6.07) is 13.2. The summed E-state index contributed by atoms with van der Waals surface area (Å²) in [6.45, 7) is 4.53. The first-order valence-corrected chi connectivity index (χ1v) is 14.7. The van der Waals surface area contributed by atoms with E-state index < -0.39 is 29.6 Å². The summed E-state index contributed by atoms with van der Waals surface area (Å²) in [6.07, 6.45) is 6.12. The molecule has 1 spiro atoms. The van der Waals surface area contributed by atoms with Crippen molar-refractivity contribution in [1.29, 1.82) is 0 Å². The van der Waals surface area contributed by atoms with Crippen molar-refractivity contribution in [3.05, 3.63) is 76.3 Å². The topological polar surface area (TPSA) is 87.7 Å². The van der Waals surface area contributed by atoms with Crippen LogP contribution in [0.4, 0.5) is 5.69 Å². The second-order valence-corrected chi connectivity index (χ2v) is 12.5. The molecule has 2 aromatic carbocycles. The van der Waals surface area contributed by atoms with E-state index in [-0.39, 0.29) is 30.3 Å². The van der Waals surface area contributed by atoms with E-state index in [1.807, 2.05) is 30.4 Å². The number of rotatable bonds is 6. The van der Waals surface area contributed by atoms with Gasteiger partial charge in [0.15, 0.2) is 0 Å². The minimum absolute atomic E-state index is 0.00977. The summed E-state index contributed by atoms with van der Waals surface area (Å²) in [4.78, 5) is 43.5. The molecule has 2 bridgehead atoms. The fourth-order valence-electron chi connectivity index (χ4n) is 7.05. The van der Waals surface area contributed by atoms with Crippen LogP contribution in [0.2, 0.25) is 10.0 Å². The molecule has 3 amide bonds. The van der Waals surface area contributed by atoms with Gasteiger partial charge in [-0.05, 0) is 54.2 Å². The highest BCUT2D eigenvalue weighted by Gasteiger charge is 2.72. The predicted octanol–water partition coefficient (Wildman–Crippen LogP) is 5.22. The monoisotopic (exact) mass is 581 g/mol. The number of anilines is 1. The third kappa shape index (κ3) is 4.52. The number of nitrogens with one attached hydrogen (secondary N) is 2. The average molecular weight is 583 g/mol. The lowest BCUT2D eigenvalue weighted by Gasteiger charge is -2.38. The Bertz CT molecular complexity index is 1360. The quantitative estimate of drug-likeness (QED) is 0.457. The minimum Gasteiger partial charge on any atom is -0.359 e. The van der Waals surface area contributed by atoms with Gasteiger partial charge in [0.1, 0.15) is 11.6 Å². The molecular formula is C31H33Cl2N3O4. The van der Waals surface area contributed by atoms with Crippen LogP contribution >= 0.6 is 23.2 Å². The summed E-state index contributed by atoms with van der Waals surface area (Å²) >= 11 is 12.5. The van der Waals surface area contributed by atoms with Crippen molar-refractivity contribution in [2.45, 2.75) is 63.4 Å². The third-order valence-electron chi connectivity index (χ3n) is 9.37. The molecular weight excluding hydrogens is 549 g/mol. The van der Waals surface area contributed by atoms with Crippen molar-refractivity contribution in [1.82, 2.24) is 10.2 Å². The van der Waals surface area contributed by atoms with Crippen molar-refractivity contribution in [3.8, 4) is 0 Å². The van der Waals surface area contributed by atoms with Gasteiger partial charge >= 0.3 is 0 Å². The lowest BCUT2D eigenvalue weighted by atomic mass is 9.73. The molecule has 210 valence electrons. The van der Waals surface area contributed by atoms with Crippen LogP contribution in [-0.4, -0.2) is 46.4 Å². The van der Waals surface area contributed by atoms with Gasteiger partial charge in [-0.2, -0.15) is 0 Å². The molecule has 2 saturated heterocycles. The predicted molar refractivity (Wildman–Crippen MR) is 154 cm³/mol. The van der Waals surface area contributed by atoms with Crippen molar-refractivity contribution in [2.75, 3.05) is 5.32 Å². The largest absolute Gasteiger partial charge is 0.359 e. The molecule has 3 heterocycles. The Balaban J connectivity index is 1.33. The van der Waals surface area contributed by atoms with Gasteiger partial charge in [0.25, 0.3) is 0 Å². The van der Waals surface area contributed by atoms with Gasteiger partial charge in [0.2, 0.25) is 17.7 Å². The molecule has 6 rings (SSSR count). The number of ether oxygens (including phenoxy) is 1. The second-order valence-electron chi connectivity index (χ2n) is 11.6. The summed E-state index contributed by atoms with van der Waals surface area (Å²) in [7, 11) is 0.